The Labute approximate surface area is 164 Å². The molecule has 0 spiro atoms. The lowest BCUT2D eigenvalue weighted by atomic mass is 9.98. The number of piperidine rings is 1. The van der Waals surface area contributed by atoms with Gasteiger partial charge < -0.3 is 4.90 Å². The number of nitrogens with zero attached hydrogens (tertiary/aromatic N) is 1. The van der Waals surface area contributed by atoms with Crippen LogP contribution in [0, 0.1) is 0 Å². The Bertz CT molecular complexity index is 881. The summed E-state index contributed by atoms with van der Waals surface area (Å²) >= 11 is 0. The number of halogens is 6. The number of benzene rings is 2. The molecule has 0 saturated carbocycles. The van der Waals surface area contributed by atoms with Gasteiger partial charge in [-0.1, -0.05) is 18.2 Å². The molecule has 0 aliphatic carbocycles. The van der Waals surface area contributed by atoms with E-state index in [1.807, 2.05) is 0 Å². The smallest absolute Gasteiger partial charge is 0.372 e. The molecule has 2 aromatic rings. The van der Waals surface area contributed by atoms with E-state index in [1.165, 1.54) is 18.2 Å². The number of alkyl halides is 6. The van der Waals surface area contributed by atoms with Gasteiger partial charge in [-0.2, -0.15) is 26.3 Å². The molecule has 0 N–H and O–H groups in total. The molecule has 1 heterocycles. The third-order valence-corrected chi connectivity index (χ3v) is 4.91. The van der Waals surface area contributed by atoms with Crippen molar-refractivity contribution in [1.82, 2.24) is 0 Å². The van der Waals surface area contributed by atoms with E-state index in [0.29, 0.717) is 18.8 Å². The Morgan fingerprint density at radius 1 is 0.828 bits per heavy atom. The van der Waals surface area contributed by atoms with Crippen LogP contribution < -0.4 is 4.90 Å². The van der Waals surface area contributed by atoms with Crippen LogP contribution in [0.15, 0.2) is 42.5 Å². The Morgan fingerprint density at radius 2 is 1.48 bits per heavy atom. The first-order valence-corrected chi connectivity index (χ1v) is 9.20. The molecule has 0 radical (unpaired) electrons. The van der Waals surface area contributed by atoms with Gasteiger partial charge in [0.2, 0.25) is 0 Å². The number of anilines is 1. The number of carbonyl (C=O) groups excluding carboxylic acids is 1. The lowest BCUT2D eigenvalue weighted by Gasteiger charge is -2.29. The number of ketones is 1. The van der Waals surface area contributed by atoms with Crippen LogP contribution in [0.25, 0.3) is 0 Å². The number of rotatable bonds is 4. The van der Waals surface area contributed by atoms with Crippen LogP contribution in [0.1, 0.15) is 46.3 Å². The van der Waals surface area contributed by atoms with Gasteiger partial charge in [0.25, 0.3) is 0 Å². The summed E-state index contributed by atoms with van der Waals surface area (Å²) in [6.07, 6.45) is -6.90. The fourth-order valence-corrected chi connectivity index (χ4v) is 3.42. The number of hydrogen-bond donors (Lipinski definition) is 0. The molecule has 1 fully saturated rings. The maximum Gasteiger partial charge on any atom is 0.416 e. The van der Waals surface area contributed by atoms with Crippen LogP contribution >= 0.6 is 0 Å². The monoisotopic (exact) mass is 415 g/mol. The first-order valence-electron chi connectivity index (χ1n) is 9.20. The normalized spacial score (nSPS) is 15.4. The topological polar surface area (TPSA) is 20.3 Å². The molecule has 0 bridgehead atoms. The largest absolute Gasteiger partial charge is 0.416 e. The predicted octanol–water partition coefficient (Wildman–Crippen LogP) is 6.14. The van der Waals surface area contributed by atoms with E-state index in [0.717, 1.165) is 43.5 Å². The summed E-state index contributed by atoms with van der Waals surface area (Å²) in [5.41, 5.74) is -1.58. The van der Waals surface area contributed by atoms with E-state index in [4.69, 9.17) is 0 Å². The highest BCUT2D eigenvalue weighted by atomic mass is 19.4. The summed E-state index contributed by atoms with van der Waals surface area (Å²) in [5, 5.41) is 0. The maximum atomic E-state index is 13.3. The van der Waals surface area contributed by atoms with Crippen molar-refractivity contribution in [3.63, 3.8) is 0 Å². The Hall–Kier alpha value is -2.51. The molecule has 2 nitrogen and oxygen atoms in total. The standard InChI is InChI=1S/C21H19F6NO/c22-20(23,24)16-6-4-5-14(9-16)10-19(29)15-11-17(21(25,26)27)13-18(12-15)28-7-2-1-3-8-28/h4-6,9,11-13H,1-3,7-8,10H2. The van der Waals surface area contributed by atoms with Gasteiger partial charge in [0.1, 0.15) is 0 Å². The summed E-state index contributed by atoms with van der Waals surface area (Å²) in [5.74, 6) is -0.659. The minimum Gasteiger partial charge on any atom is -0.372 e. The highest BCUT2D eigenvalue weighted by Gasteiger charge is 2.33. The van der Waals surface area contributed by atoms with E-state index in [2.05, 4.69) is 0 Å². The summed E-state index contributed by atoms with van der Waals surface area (Å²) in [6.45, 7) is 1.20. The second-order valence-electron chi connectivity index (χ2n) is 7.11. The molecule has 1 aliphatic rings. The summed E-state index contributed by atoms with van der Waals surface area (Å²) in [6, 6.07) is 7.44. The lowest BCUT2D eigenvalue weighted by molar-refractivity contribution is -0.138. The zero-order valence-electron chi connectivity index (χ0n) is 15.4. The van der Waals surface area contributed by atoms with Crippen LogP contribution in [-0.4, -0.2) is 18.9 Å². The van der Waals surface area contributed by atoms with E-state index in [1.54, 1.807) is 4.90 Å². The fraction of sp³-hybridized carbons (Fsp3) is 0.381. The van der Waals surface area contributed by atoms with E-state index in [-0.39, 0.29) is 11.1 Å². The van der Waals surface area contributed by atoms with Crippen LogP contribution in [0.4, 0.5) is 32.0 Å². The molecule has 3 rings (SSSR count). The van der Waals surface area contributed by atoms with Crippen LogP contribution in [0.5, 0.6) is 0 Å². The van der Waals surface area contributed by atoms with E-state index in [9.17, 15) is 31.1 Å². The highest BCUT2D eigenvalue weighted by Crippen LogP contribution is 2.34. The Balaban J connectivity index is 1.91. The number of hydrogen-bond acceptors (Lipinski definition) is 2. The highest BCUT2D eigenvalue weighted by molar-refractivity contribution is 5.98. The van der Waals surface area contributed by atoms with Gasteiger partial charge in [-0.3, -0.25) is 4.79 Å². The lowest BCUT2D eigenvalue weighted by Crippen LogP contribution is -2.30. The molecule has 1 saturated heterocycles. The zero-order chi connectivity index (χ0) is 21.2. The van der Waals surface area contributed by atoms with Crippen molar-refractivity contribution >= 4 is 11.5 Å². The quantitative estimate of drug-likeness (QED) is 0.442. The molecule has 0 atom stereocenters. The SMILES string of the molecule is O=C(Cc1cccc(C(F)(F)F)c1)c1cc(N2CCCCC2)cc(C(F)(F)F)c1. The van der Waals surface area contributed by atoms with Gasteiger partial charge in [0.15, 0.2) is 5.78 Å². The van der Waals surface area contributed by atoms with Crippen LogP contribution in [0.2, 0.25) is 0 Å². The van der Waals surface area contributed by atoms with Crippen LogP contribution in [0.3, 0.4) is 0 Å². The van der Waals surface area contributed by atoms with Gasteiger partial charge in [-0.25, -0.2) is 0 Å². The number of carbonyl (C=O) groups is 1. The second kappa shape index (κ2) is 8.08. The summed E-state index contributed by atoms with van der Waals surface area (Å²) in [4.78, 5) is 14.4. The fourth-order valence-electron chi connectivity index (χ4n) is 3.42. The van der Waals surface area contributed by atoms with Crippen molar-refractivity contribution in [3.8, 4) is 0 Å². The van der Waals surface area contributed by atoms with E-state index >= 15 is 0 Å². The zero-order valence-corrected chi connectivity index (χ0v) is 15.4. The van der Waals surface area contributed by atoms with Crippen molar-refractivity contribution < 1.29 is 31.1 Å². The van der Waals surface area contributed by atoms with Crippen molar-refractivity contribution in [3.05, 3.63) is 64.7 Å². The van der Waals surface area contributed by atoms with Gasteiger partial charge >= 0.3 is 12.4 Å². The van der Waals surface area contributed by atoms with Gasteiger partial charge in [-0.15, -0.1) is 0 Å². The molecule has 29 heavy (non-hydrogen) atoms. The molecule has 8 heteroatoms. The Morgan fingerprint density at radius 3 is 2.10 bits per heavy atom. The third kappa shape index (κ3) is 5.31. The average molecular weight is 415 g/mol. The maximum absolute atomic E-state index is 13.3. The minimum absolute atomic E-state index is 0.0989. The molecule has 2 aromatic carbocycles. The summed E-state index contributed by atoms with van der Waals surface area (Å²) in [7, 11) is 0. The first kappa shape index (κ1) is 21.2. The van der Waals surface area contributed by atoms with Crippen molar-refractivity contribution in [2.75, 3.05) is 18.0 Å². The van der Waals surface area contributed by atoms with Crippen molar-refractivity contribution in [2.24, 2.45) is 0 Å². The predicted molar refractivity (Wildman–Crippen MR) is 97.0 cm³/mol. The van der Waals surface area contributed by atoms with Gasteiger partial charge in [0, 0.05) is 30.8 Å². The molecular formula is C21H19F6NO. The van der Waals surface area contributed by atoms with Crippen LogP contribution in [-0.2, 0) is 18.8 Å². The number of Topliss-reactive ketones (excluding diaryl/α,β-unsaturated/α-hetero) is 1. The molecule has 156 valence electrons. The molecule has 0 aromatic heterocycles. The van der Waals surface area contributed by atoms with Gasteiger partial charge in [-0.05, 0) is 49.1 Å². The Kier molecular flexibility index (Phi) is 5.91. The third-order valence-electron chi connectivity index (χ3n) is 4.91. The molecule has 1 aliphatic heterocycles. The van der Waals surface area contributed by atoms with Crippen molar-refractivity contribution in [1.29, 1.82) is 0 Å². The minimum atomic E-state index is -4.63. The average Bonchev–Trinajstić information content (AvgIpc) is 2.67. The molecule has 0 amide bonds. The van der Waals surface area contributed by atoms with Crippen molar-refractivity contribution in [2.45, 2.75) is 38.0 Å². The summed E-state index contributed by atoms with van der Waals surface area (Å²) < 4.78 is 78.6. The molecular weight excluding hydrogens is 396 g/mol. The molecule has 0 unspecified atom stereocenters. The van der Waals surface area contributed by atoms with Gasteiger partial charge in [0.05, 0.1) is 11.1 Å². The first-order chi connectivity index (χ1) is 13.5. The van der Waals surface area contributed by atoms with E-state index < -0.39 is 35.7 Å². The second-order valence-corrected chi connectivity index (χ2v) is 7.11.